The number of benzene rings is 2. The summed E-state index contributed by atoms with van der Waals surface area (Å²) in [6, 6.07) is 10.9. The normalized spacial score (nSPS) is 11.7. The molecule has 0 radical (unpaired) electrons. The van der Waals surface area contributed by atoms with Gasteiger partial charge in [0.1, 0.15) is 0 Å². The van der Waals surface area contributed by atoms with E-state index in [9.17, 15) is 9.59 Å². The van der Waals surface area contributed by atoms with Gasteiger partial charge in [-0.2, -0.15) is 0 Å². The summed E-state index contributed by atoms with van der Waals surface area (Å²) in [5, 5.41) is 15.1. The van der Waals surface area contributed by atoms with Crippen LogP contribution in [-0.2, 0) is 11.3 Å². The predicted octanol–water partition coefficient (Wildman–Crippen LogP) is 5.37. The summed E-state index contributed by atoms with van der Waals surface area (Å²) in [5.74, 6) is 0.468. The first-order valence-corrected chi connectivity index (χ1v) is 12.6. The number of halogens is 1. The van der Waals surface area contributed by atoms with Crippen LogP contribution in [0.25, 0.3) is 0 Å². The van der Waals surface area contributed by atoms with Gasteiger partial charge in [-0.15, -0.1) is 16.8 Å². The first-order valence-electron chi connectivity index (χ1n) is 10.8. The molecular weight excluding hydrogens is 514 g/mol. The van der Waals surface area contributed by atoms with Crippen LogP contribution in [0.5, 0.6) is 0 Å². The quantitative estimate of drug-likeness (QED) is 0.280. The highest BCUT2D eigenvalue weighted by Gasteiger charge is 2.21. The summed E-state index contributed by atoms with van der Waals surface area (Å²) >= 11 is 4.80. The van der Waals surface area contributed by atoms with Gasteiger partial charge in [-0.1, -0.05) is 52.0 Å². The topological polar surface area (TPSA) is 88.9 Å². The molecule has 2 N–H and O–H groups in total. The molecule has 1 atom stereocenters. The number of hydrogen-bond donors (Lipinski definition) is 2. The van der Waals surface area contributed by atoms with E-state index in [4.69, 9.17) is 0 Å². The second kappa shape index (κ2) is 11.5. The van der Waals surface area contributed by atoms with E-state index in [2.05, 4.69) is 43.3 Å². The van der Waals surface area contributed by atoms with Gasteiger partial charge >= 0.3 is 0 Å². The number of aromatic nitrogens is 3. The minimum atomic E-state index is -0.379. The van der Waals surface area contributed by atoms with Gasteiger partial charge in [0, 0.05) is 22.3 Å². The largest absolute Gasteiger partial charge is 0.342 e. The molecule has 1 aromatic heterocycles. The van der Waals surface area contributed by atoms with Crippen LogP contribution in [0.2, 0.25) is 0 Å². The van der Waals surface area contributed by atoms with Crippen molar-refractivity contribution < 1.29 is 9.59 Å². The summed E-state index contributed by atoms with van der Waals surface area (Å²) in [6.45, 7) is 12.0. The Bertz CT molecular complexity index is 1220. The van der Waals surface area contributed by atoms with Crippen LogP contribution in [0, 0.1) is 20.8 Å². The number of carbonyl (C=O) groups excluding carboxylic acids is 2. The molecule has 0 spiro atoms. The highest BCUT2D eigenvalue weighted by molar-refractivity contribution is 9.10. The number of hydrogen-bond acceptors (Lipinski definition) is 5. The van der Waals surface area contributed by atoms with Crippen molar-refractivity contribution in [3.8, 4) is 0 Å². The molecule has 2 aromatic carbocycles. The molecule has 0 aliphatic rings. The van der Waals surface area contributed by atoms with Gasteiger partial charge in [-0.3, -0.25) is 9.59 Å². The minimum Gasteiger partial charge on any atom is -0.342 e. The fourth-order valence-electron chi connectivity index (χ4n) is 3.43. The van der Waals surface area contributed by atoms with Crippen LogP contribution in [0.4, 0.5) is 5.69 Å². The third kappa shape index (κ3) is 5.95. The summed E-state index contributed by atoms with van der Waals surface area (Å²) in [4.78, 5) is 25.3. The molecule has 0 aliphatic carbocycles. The number of thioether (sulfide) groups is 1. The van der Waals surface area contributed by atoms with Gasteiger partial charge in [0.15, 0.2) is 11.0 Å². The van der Waals surface area contributed by atoms with Crippen LogP contribution >= 0.6 is 27.7 Å². The van der Waals surface area contributed by atoms with Gasteiger partial charge < -0.3 is 15.2 Å². The van der Waals surface area contributed by atoms with E-state index in [1.165, 1.54) is 11.8 Å². The number of nitrogens with zero attached hydrogens (tertiary/aromatic N) is 3. The van der Waals surface area contributed by atoms with Gasteiger partial charge in [0.05, 0.1) is 11.8 Å². The highest BCUT2D eigenvalue weighted by Crippen LogP contribution is 2.27. The van der Waals surface area contributed by atoms with Gasteiger partial charge in [-0.25, -0.2) is 0 Å². The second-order valence-corrected chi connectivity index (χ2v) is 9.73. The van der Waals surface area contributed by atoms with E-state index in [0.717, 1.165) is 26.9 Å². The Kier molecular flexibility index (Phi) is 8.68. The number of rotatable bonds is 9. The zero-order valence-corrected chi connectivity index (χ0v) is 22.1. The maximum Gasteiger partial charge on any atom is 0.252 e. The number of aryl methyl sites for hydroxylation is 1. The fraction of sp³-hybridized carbons (Fsp3) is 0.280. The Labute approximate surface area is 212 Å². The number of anilines is 1. The molecule has 0 fully saturated rings. The van der Waals surface area contributed by atoms with E-state index < -0.39 is 0 Å². The summed E-state index contributed by atoms with van der Waals surface area (Å²) in [7, 11) is 0. The Hall–Kier alpha value is -2.91. The van der Waals surface area contributed by atoms with Crippen molar-refractivity contribution >= 4 is 45.2 Å². The Morgan fingerprint density at radius 2 is 1.88 bits per heavy atom. The average Bonchev–Trinajstić information content (AvgIpc) is 3.21. The van der Waals surface area contributed by atoms with Crippen molar-refractivity contribution in [1.29, 1.82) is 0 Å². The molecule has 1 heterocycles. The first kappa shape index (κ1) is 25.7. The highest BCUT2D eigenvalue weighted by atomic mass is 79.9. The summed E-state index contributed by atoms with van der Waals surface area (Å²) in [5.41, 5.74) is 4.41. The lowest BCUT2D eigenvalue weighted by molar-refractivity contribution is -0.113. The van der Waals surface area contributed by atoms with Crippen LogP contribution in [0.1, 0.15) is 45.8 Å². The van der Waals surface area contributed by atoms with Crippen molar-refractivity contribution in [2.75, 3.05) is 11.1 Å². The number of carbonyl (C=O) groups is 2. The lowest BCUT2D eigenvalue weighted by atomic mass is 10.1. The Morgan fingerprint density at radius 3 is 2.59 bits per heavy atom. The number of nitrogens with one attached hydrogen (secondary N) is 2. The van der Waals surface area contributed by atoms with E-state index in [1.807, 2.05) is 62.6 Å². The van der Waals surface area contributed by atoms with E-state index in [0.29, 0.717) is 23.1 Å². The first-order chi connectivity index (χ1) is 16.2. The van der Waals surface area contributed by atoms with Gasteiger partial charge in [0.25, 0.3) is 5.91 Å². The van der Waals surface area contributed by atoms with Crippen molar-refractivity contribution in [1.82, 2.24) is 20.1 Å². The lowest BCUT2D eigenvalue weighted by Crippen LogP contribution is -2.29. The standard InChI is InChI=1S/C25H28BrN5O2S/c1-6-13-31-23(18(5)27-24(33)19-10-8-7-9-15(19)2)29-30-25(31)34-14-22(32)28-21-12-11-20(26)16(3)17(21)4/h6-12,18H,1,13-14H2,2-5H3,(H,27,33)(H,28,32)/t18-/m0/s1. The predicted molar refractivity (Wildman–Crippen MR) is 140 cm³/mol. The molecule has 7 nitrogen and oxygen atoms in total. The number of amides is 2. The molecule has 3 rings (SSSR count). The minimum absolute atomic E-state index is 0.134. The zero-order valence-electron chi connectivity index (χ0n) is 19.7. The molecule has 0 unspecified atom stereocenters. The molecule has 0 saturated carbocycles. The van der Waals surface area contributed by atoms with Crippen molar-refractivity contribution in [2.45, 2.75) is 45.4 Å². The maximum absolute atomic E-state index is 12.7. The fourth-order valence-corrected chi connectivity index (χ4v) is 4.62. The third-order valence-corrected chi connectivity index (χ3v) is 7.34. The van der Waals surface area contributed by atoms with Crippen molar-refractivity contribution in [2.24, 2.45) is 0 Å². The van der Waals surface area contributed by atoms with Crippen molar-refractivity contribution in [3.63, 3.8) is 0 Å². The number of allylic oxidation sites excluding steroid dienone is 1. The molecule has 0 saturated heterocycles. The van der Waals surface area contributed by atoms with Gasteiger partial charge in [0.2, 0.25) is 5.91 Å². The van der Waals surface area contributed by atoms with E-state index in [1.54, 1.807) is 12.1 Å². The van der Waals surface area contributed by atoms with Gasteiger partial charge in [-0.05, 0) is 62.6 Å². The van der Waals surface area contributed by atoms with Crippen LogP contribution in [0.15, 0.2) is 58.7 Å². The molecule has 2 amide bonds. The van der Waals surface area contributed by atoms with Crippen LogP contribution in [0.3, 0.4) is 0 Å². The monoisotopic (exact) mass is 541 g/mol. The molecule has 0 aliphatic heterocycles. The maximum atomic E-state index is 12.7. The molecule has 9 heteroatoms. The average molecular weight is 543 g/mol. The SMILES string of the molecule is C=CCn1c(SCC(=O)Nc2ccc(Br)c(C)c2C)nnc1[C@H](C)NC(=O)c1ccccc1C. The molecule has 0 bridgehead atoms. The van der Waals surface area contributed by atoms with Crippen molar-refractivity contribution in [3.05, 3.63) is 81.6 Å². The smallest absolute Gasteiger partial charge is 0.252 e. The molecular formula is C25H28BrN5O2S. The third-order valence-electron chi connectivity index (χ3n) is 5.51. The molecule has 3 aromatic rings. The molecule has 34 heavy (non-hydrogen) atoms. The van der Waals surface area contributed by atoms with Crippen LogP contribution in [-0.4, -0.2) is 32.3 Å². The zero-order chi connectivity index (χ0) is 24.8. The summed E-state index contributed by atoms with van der Waals surface area (Å²) in [6.07, 6.45) is 1.74. The summed E-state index contributed by atoms with van der Waals surface area (Å²) < 4.78 is 2.87. The van der Waals surface area contributed by atoms with E-state index in [-0.39, 0.29) is 23.6 Å². The van der Waals surface area contributed by atoms with Crippen LogP contribution < -0.4 is 10.6 Å². The van der Waals surface area contributed by atoms with E-state index >= 15 is 0 Å². The molecule has 178 valence electrons. The Balaban J connectivity index is 1.69. The lowest BCUT2D eigenvalue weighted by Gasteiger charge is -2.16. The Morgan fingerprint density at radius 1 is 1.15 bits per heavy atom. The second-order valence-electron chi connectivity index (χ2n) is 7.93.